The molecule has 4 heteroatoms. The molecule has 1 aromatic heterocycles. The number of pyridine rings is 1. The maximum atomic E-state index is 5.79. The summed E-state index contributed by atoms with van der Waals surface area (Å²) in [7, 11) is 0. The molecular formula is C20H28N4. The SMILES string of the molecule is NCCN(CCc1ccccc1)Cc1ccc(N2CCCC2)nc1. The molecule has 0 radical (unpaired) electrons. The van der Waals surface area contributed by atoms with Crippen molar-refractivity contribution in [2.75, 3.05) is 37.6 Å². The van der Waals surface area contributed by atoms with Crippen molar-refractivity contribution < 1.29 is 0 Å². The van der Waals surface area contributed by atoms with E-state index in [1.165, 1.54) is 24.0 Å². The van der Waals surface area contributed by atoms with Crippen LogP contribution in [-0.2, 0) is 13.0 Å². The Morgan fingerprint density at radius 1 is 0.958 bits per heavy atom. The van der Waals surface area contributed by atoms with E-state index in [1.807, 2.05) is 6.20 Å². The third-order valence-electron chi connectivity index (χ3n) is 4.65. The van der Waals surface area contributed by atoms with Crippen LogP contribution in [0.4, 0.5) is 5.82 Å². The highest BCUT2D eigenvalue weighted by atomic mass is 15.2. The van der Waals surface area contributed by atoms with Crippen LogP contribution in [0, 0.1) is 0 Å². The third kappa shape index (κ3) is 4.79. The summed E-state index contributed by atoms with van der Waals surface area (Å²) in [5, 5.41) is 0. The molecule has 0 amide bonds. The molecule has 2 aromatic rings. The zero-order valence-corrected chi connectivity index (χ0v) is 14.4. The number of hydrogen-bond donors (Lipinski definition) is 1. The van der Waals surface area contributed by atoms with E-state index < -0.39 is 0 Å². The average Bonchev–Trinajstić information content (AvgIpc) is 3.16. The highest BCUT2D eigenvalue weighted by Crippen LogP contribution is 2.18. The predicted molar refractivity (Wildman–Crippen MR) is 100 cm³/mol. The van der Waals surface area contributed by atoms with Crippen molar-refractivity contribution in [2.24, 2.45) is 5.73 Å². The van der Waals surface area contributed by atoms with Gasteiger partial charge in [0.25, 0.3) is 0 Å². The van der Waals surface area contributed by atoms with Crippen LogP contribution >= 0.6 is 0 Å². The van der Waals surface area contributed by atoms with Crippen molar-refractivity contribution in [2.45, 2.75) is 25.8 Å². The summed E-state index contributed by atoms with van der Waals surface area (Å²) in [5.41, 5.74) is 8.44. The van der Waals surface area contributed by atoms with Gasteiger partial charge in [-0.15, -0.1) is 0 Å². The van der Waals surface area contributed by atoms with Crippen molar-refractivity contribution >= 4 is 5.82 Å². The van der Waals surface area contributed by atoms with Gasteiger partial charge in [-0.25, -0.2) is 4.98 Å². The van der Waals surface area contributed by atoms with Crippen LogP contribution in [0.2, 0.25) is 0 Å². The number of nitrogens with zero attached hydrogens (tertiary/aromatic N) is 3. The lowest BCUT2D eigenvalue weighted by Gasteiger charge is -2.22. The van der Waals surface area contributed by atoms with Gasteiger partial charge in [-0.05, 0) is 36.5 Å². The van der Waals surface area contributed by atoms with Gasteiger partial charge in [0.05, 0.1) is 0 Å². The van der Waals surface area contributed by atoms with Crippen LogP contribution in [0.15, 0.2) is 48.7 Å². The molecule has 1 fully saturated rings. The molecule has 24 heavy (non-hydrogen) atoms. The number of hydrogen-bond acceptors (Lipinski definition) is 4. The monoisotopic (exact) mass is 324 g/mol. The average molecular weight is 324 g/mol. The minimum Gasteiger partial charge on any atom is -0.357 e. The fraction of sp³-hybridized carbons (Fsp3) is 0.450. The zero-order chi connectivity index (χ0) is 16.6. The number of anilines is 1. The molecule has 0 aliphatic carbocycles. The Morgan fingerprint density at radius 3 is 2.42 bits per heavy atom. The van der Waals surface area contributed by atoms with Gasteiger partial charge in [-0.1, -0.05) is 36.4 Å². The standard InChI is InChI=1S/C20H28N4/c21-11-15-23(14-10-18-6-2-1-3-7-18)17-19-8-9-20(22-16-19)24-12-4-5-13-24/h1-3,6-9,16H,4-5,10-15,17,21H2. The van der Waals surface area contributed by atoms with E-state index in [9.17, 15) is 0 Å². The van der Waals surface area contributed by atoms with E-state index in [-0.39, 0.29) is 0 Å². The van der Waals surface area contributed by atoms with Gasteiger partial charge in [0.2, 0.25) is 0 Å². The van der Waals surface area contributed by atoms with Gasteiger partial charge >= 0.3 is 0 Å². The van der Waals surface area contributed by atoms with E-state index in [2.05, 4.69) is 57.2 Å². The number of rotatable bonds is 8. The summed E-state index contributed by atoms with van der Waals surface area (Å²) in [4.78, 5) is 9.45. The van der Waals surface area contributed by atoms with E-state index in [1.54, 1.807) is 0 Å². The molecule has 1 aliphatic heterocycles. The normalized spacial score (nSPS) is 14.5. The molecule has 0 saturated carbocycles. The number of benzene rings is 1. The van der Waals surface area contributed by atoms with Crippen LogP contribution < -0.4 is 10.6 Å². The predicted octanol–water partition coefficient (Wildman–Crippen LogP) is 2.69. The lowest BCUT2D eigenvalue weighted by molar-refractivity contribution is 0.276. The van der Waals surface area contributed by atoms with Crippen molar-refractivity contribution in [3.8, 4) is 0 Å². The Kier molecular flexibility index (Phi) is 6.21. The van der Waals surface area contributed by atoms with Crippen molar-refractivity contribution in [1.29, 1.82) is 0 Å². The number of aromatic nitrogens is 1. The minimum absolute atomic E-state index is 0.689. The molecular weight excluding hydrogens is 296 g/mol. The minimum atomic E-state index is 0.689. The molecule has 2 N–H and O–H groups in total. The molecule has 0 spiro atoms. The van der Waals surface area contributed by atoms with E-state index >= 15 is 0 Å². The van der Waals surface area contributed by atoms with Gasteiger partial charge in [0.1, 0.15) is 5.82 Å². The molecule has 128 valence electrons. The lowest BCUT2D eigenvalue weighted by Crippen LogP contribution is -2.31. The van der Waals surface area contributed by atoms with Gasteiger partial charge in [-0.3, -0.25) is 4.90 Å². The molecule has 1 aliphatic rings. The van der Waals surface area contributed by atoms with Crippen LogP contribution in [0.1, 0.15) is 24.0 Å². The molecule has 0 atom stereocenters. The van der Waals surface area contributed by atoms with Crippen molar-refractivity contribution in [1.82, 2.24) is 9.88 Å². The second kappa shape index (κ2) is 8.81. The van der Waals surface area contributed by atoms with Crippen LogP contribution in [0.25, 0.3) is 0 Å². The van der Waals surface area contributed by atoms with Crippen LogP contribution in [0.3, 0.4) is 0 Å². The Labute approximate surface area is 145 Å². The van der Waals surface area contributed by atoms with Crippen molar-refractivity contribution in [3.63, 3.8) is 0 Å². The summed E-state index contributed by atoms with van der Waals surface area (Å²) < 4.78 is 0. The quantitative estimate of drug-likeness (QED) is 0.811. The molecule has 3 rings (SSSR count). The fourth-order valence-corrected chi connectivity index (χ4v) is 3.29. The third-order valence-corrected chi connectivity index (χ3v) is 4.65. The van der Waals surface area contributed by atoms with Crippen molar-refractivity contribution in [3.05, 3.63) is 59.8 Å². The topological polar surface area (TPSA) is 45.4 Å². The lowest BCUT2D eigenvalue weighted by atomic mass is 10.1. The molecule has 1 aromatic carbocycles. The second-order valence-electron chi connectivity index (χ2n) is 6.52. The summed E-state index contributed by atoms with van der Waals surface area (Å²) in [6, 6.07) is 15.0. The maximum absolute atomic E-state index is 5.79. The van der Waals surface area contributed by atoms with E-state index in [0.29, 0.717) is 6.54 Å². The summed E-state index contributed by atoms with van der Waals surface area (Å²) in [6.45, 7) is 5.83. The molecule has 4 nitrogen and oxygen atoms in total. The Morgan fingerprint density at radius 2 is 1.75 bits per heavy atom. The van der Waals surface area contributed by atoms with E-state index in [4.69, 9.17) is 5.73 Å². The molecule has 2 heterocycles. The Bertz CT molecular complexity index is 591. The first-order valence-corrected chi connectivity index (χ1v) is 9.01. The first-order valence-electron chi connectivity index (χ1n) is 9.01. The van der Waals surface area contributed by atoms with Crippen LogP contribution in [0.5, 0.6) is 0 Å². The van der Waals surface area contributed by atoms with Gasteiger partial charge < -0.3 is 10.6 Å². The van der Waals surface area contributed by atoms with Gasteiger partial charge in [0, 0.05) is 45.5 Å². The zero-order valence-electron chi connectivity index (χ0n) is 14.4. The fourth-order valence-electron chi connectivity index (χ4n) is 3.29. The smallest absolute Gasteiger partial charge is 0.128 e. The Hall–Kier alpha value is -1.91. The maximum Gasteiger partial charge on any atom is 0.128 e. The first kappa shape index (κ1) is 16.9. The van der Waals surface area contributed by atoms with E-state index in [0.717, 1.165) is 45.0 Å². The number of nitrogens with two attached hydrogens (primary N) is 1. The van der Waals surface area contributed by atoms with Gasteiger partial charge in [-0.2, -0.15) is 0 Å². The highest BCUT2D eigenvalue weighted by molar-refractivity contribution is 5.40. The Balaban J connectivity index is 1.56. The highest BCUT2D eigenvalue weighted by Gasteiger charge is 2.13. The molecule has 0 unspecified atom stereocenters. The molecule has 0 bridgehead atoms. The largest absolute Gasteiger partial charge is 0.357 e. The summed E-state index contributed by atoms with van der Waals surface area (Å²) in [6.07, 6.45) is 5.65. The molecule has 1 saturated heterocycles. The first-order chi connectivity index (χ1) is 11.8. The second-order valence-corrected chi connectivity index (χ2v) is 6.52. The van der Waals surface area contributed by atoms with Crippen LogP contribution in [-0.4, -0.2) is 42.6 Å². The summed E-state index contributed by atoms with van der Waals surface area (Å²) in [5.74, 6) is 1.12. The van der Waals surface area contributed by atoms with Gasteiger partial charge in [0.15, 0.2) is 0 Å². The summed E-state index contributed by atoms with van der Waals surface area (Å²) >= 11 is 0.